The summed E-state index contributed by atoms with van der Waals surface area (Å²) in [6, 6.07) is -0.315. The molecule has 1 atom stereocenters. The molecule has 0 aromatic rings. The van der Waals surface area contributed by atoms with Gasteiger partial charge in [-0.3, -0.25) is 4.79 Å². The van der Waals surface area contributed by atoms with Gasteiger partial charge in [0.2, 0.25) is 5.91 Å². The van der Waals surface area contributed by atoms with Gasteiger partial charge in [-0.05, 0) is 40.4 Å². The number of likely N-dealkylation sites (N-methyl/N-ethyl adjacent to an activating group) is 1. The van der Waals surface area contributed by atoms with Gasteiger partial charge in [0.05, 0.1) is 6.04 Å². The van der Waals surface area contributed by atoms with Crippen molar-refractivity contribution in [1.82, 2.24) is 9.80 Å². The third kappa shape index (κ3) is 6.08. The minimum Gasteiger partial charge on any atom is -0.342 e. The SMILES string of the molecule is CCC[C@H](N)C(=O)N(CC)CCCN(C)C. The number of carbonyl (C=O) groups excluding carboxylic acids is 1. The Hall–Kier alpha value is -0.610. The summed E-state index contributed by atoms with van der Waals surface area (Å²) in [5, 5.41) is 0. The van der Waals surface area contributed by atoms with Crippen LogP contribution in [-0.2, 0) is 4.79 Å². The van der Waals surface area contributed by atoms with Crippen molar-refractivity contribution in [2.24, 2.45) is 5.73 Å². The van der Waals surface area contributed by atoms with E-state index in [1.54, 1.807) is 0 Å². The molecule has 16 heavy (non-hydrogen) atoms. The molecule has 0 bridgehead atoms. The molecule has 0 fully saturated rings. The minimum absolute atomic E-state index is 0.100. The molecule has 96 valence electrons. The molecule has 2 N–H and O–H groups in total. The molecule has 0 aromatic carbocycles. The molecule has 0 aliphatic carbocycles. The first kappa shape index (κ1) is 15.4. The first-order valence-corrected chi connectivity index (χ1v) is 6.22. The van der Waals surface area contributed by atoms with E-state index >= 15 is 0 Å². The van der Waals surface area contributed by atoms with E-state index in [1.807, 2.05) is 25.9 Å². The Balaban J connectivity index is 4.01. The number of nitrogens with zero attached hydrogens (tertiary/aromatic N) is 2. The second kappa shape index (κ2) is 8.53. The normalized spacial score (nSPS) is 12.9. The van der Waals surface area contributed by atoms with E-state index in [-0.39, 0.29) is 11.9 Å². The number of nitrogens with two attached hydrogens (primary N) is 1. The van der Waals surface area contributed by atoms with E-state index < -0.39 is 0 Å². The van der Waals surface area contributed by atoms with E-state index in [0.29, 0.717) is 0 Å². The summed E-state index contributed by atoms with van der Waals surface area (Å²) >= 11 is 0. The zero-order valence-electron chi connectivity index (χ0n) is 11.2. The van der Waals surface area contributed by atoms with Crippen molar-refractivity contribution in [3.8, 4) is 0 Å². The van der Waals surface area contributed by atoms with Crippen molar-refractivity contribution < 1.29 is 4.79 Å². The van der Waals surface area contributed by atoms with Gasteiger partial charge in [0.15, 0.2) is 0 Å². The molecule has 0 aliphatic heterocycles. The summed E-state index contributed by atoms with van der Waals surface area (Å²) in [4.78, 5) is 15.9. The number of amides is 1. The molecule has 0 unspecified atom stereocenters. The van der Waals surface area contributed by atoms with Crippen LogP contribution in [-0.4, -0.2) is 55.5 Å². The summed E-state index contributed by atoms with van der Waals surface area (Å²) in [6.45, 7) is 6.63. The van der Waals surface area contributed by atoms with Gasteiger partial charge in [0.25, 0.3) is 0 Å². The van der Waals surface area contributed by atoms with Gasteiger partial charge in [-0.25, -0.2) is 0 Å². The number of rotatable bonds is 8. The quantitative estimate of drug-likeness (QED) is 0.673. The van der Waals surface area contributed by atoms with Crippen molar-refractivity contribution in [2.45, 2.75) is 39.2 Å². The number of carbonyl (C=O) groups is 1. The summed E-state index contributed by atoms with van der Waals surface area (Å²) in [7, 11) is 4.09. The van der Waals surface area contributed by atoms with Gasteiger partial charge in [-0.1, -0.05) is 13.3 Å². The summed E-state index contributed by atoms with van der Waals surface area (Å²) in [5.74, 6) is 0.100. The van der Waals surface area contributed by atoms with E-state index in [1.165, 1.54) is 0 Å². The third-order valence-electron chi connectivity index (χ3n) is 2.64. The van der Waals surface area contributed by atoms with Crippen molar-refractivity contribution >= 4 is 5.91 Å². The van der Waals surface area contributed by atoms with E-state index in [4.69, 9.17) is 5.73 Å². The van der Waals surface area contributed by atoms with Crippen LogP contribution in [0.2, 0.25) is 0 Å². The van der Waals surface area contributed by atoms with Crippen molar-refractivity contribution in [1.29, 1.82) is 0 Å². The molecule has 0 radical (unpaired) electrons. The highest BCUT2D eigenvalue weighted by Crippen LogP contribution is 2.01. The fraction of sp³-hybridized carbons (Fsp3) is 0.917. The second-order valence-electron chi connectivity index (χ2n) is 4.47. The van der Waals surface area contributed by atoms with Crippen molar-refractivity contribution in [3.05, 3.63) is 0 Å². The zero-order valence-corrected chi connectivity index (χ0v) is 11.2. The van der Waals surface area contributed by atoms with Gasteiger partial charge in [0, 0.05) is 13.1 Å². The monoisotopic (exact) mass is 229 g/mol. The van der Waals surface area contributed by atoms with Crippen LogP contribution in [0.3, 0.4) is 0 Å². The smallest absolute Gasteiger partial charge is 0.239 e. The van der Waals surface area contributed by atoms with Crippen LogP contribution in [0.4, 0.5) is 0 Å². The van der Waals surface area contributed by atoms with E-state index in [2.05, 4.69) is 11.8 Å². The maximum Gasteiger partial charge on any atom is 0.239 e. The molecule has 0 spiro atoms. The molecular formula is C12H27N3O. The van der Waals surface area contributed by atoms with Crippen LogP contribution in [0, 0.1) is 0 Å². The van der Waals surface area contributed by atoms with Crippen LogP contribution >= 0.6 is 0 Å². The van der Waals surface area contributed by atoms with Gasteiger partial charge in [-0.15, -0.1) is 0 Å². The van der Waals surface area contributed by atoms with Gasteiger partial charge >= 0.3 is 0 Å². The lowest BCUT2D eigenvalue weighted by Gasteiger charge is -2.24. The molecular weight excluding hydrogens is 202 g/mol. The fourth-order valence-corrected chi connectivity index (χ4v) is 1.67. The fourth-order valence-electron chi connectivity index (χ4n) is 1.67. The Morgan fingerprint density at radius 2 is 1.88 bits per heavy atom. The standard InChI is InChI=1S/C12H27N3O/c1-5-8-11(13)12(16)15(6-2)10-7-9-14(3)4/h11H,5-10,13H2,1-4H3/t11-/m0/s1. The summed E-state index contributed by atoms with van der Waals surface area (Å²) in [5.41, 5.74) is 5.83. The van der Waals surface area contributed by atoms with Crippen LogP contribution in [0.1, 0.15) is 33.1 Å². The second-order valence-corrected chi connectivity index (χ2v) is 4.47. The molecule has 1 amide bonds. The highest BCUT2D eigenvalue weighted by atomic mass is 16.2. The molecule has 0 saturated heterocycles. The van der Waals surface area contributed by atoms with Gasteiger partial charge < -0.3 is 15.5 Å². The Morgan fingerprint density at radius 1 is 1.25 bits per heavy atom. The average Bonchev–Trinajstić information content (AvgIpc) is 2.23. The summed E-state index contributed by atoms with van der Waals surface area (Å²) < 4.78 is 0. The minimum atomic E-state index is -0.315. The van der Waals surface area contributed by atoms with Crippen LogP contribution in [0.5, 0.6) is 0 Å². The molecule has 0 aromatic heterocycles. The topological polar surface area (TPSA) is 49.6 Å². The number of hydrogen-bond donors (Lipinski definition) is 1. The lowest BCUT2D eigenvalue weighted by atomic mass is 10.1. The number of hydrogen-bond acceptors (Lipinski definition) is 3. The average molecular weight is 229 g/mol. The zero-order chi connectivity index (χ0) is 12.6. The van der Waals surface area contributed by atoms with E-state index in [0.717, 1.165) is 38.9 Å². The van der Waals surface area contributed by atoms with Crippen molar-refractivity contribution in [3.63, 3.8) is 0 Å². The lowest BCUT2D eigenvalue weighted by molar-refractivity contribution is -0.132. The predicted molar refractivity (Wildman–Crippen MR) is 68.3 cm³/mol. The molecule has 0 heterocycles. The molecule has 0 rings (SSSR count). The Labute approximate surface area is 99.8 Å². The van der Waals surface area contributed by atoms with Crippen LogP contribution in [0.15, 0.2) is 0 Å². The molecule has 0 saturated carbocycles. The third-order valence-corrected chi connectivity index (χ3v) is 2.64. The maximum absolute atomic E-state index is 11.9. The maximum atomic E-state index is 11.9. The Morgan fingerprint density at radius 3 is 2.31 bits per heavy atom. The molecule has 0 aliphatic rings. The Kier molecular flexibility index (Phi) is 8.21. The Bertz CT molecular complexity index is 195. The highest BCUT2D eigenvalue weighted by molar-refractivity contribution is 5.81. The van der Waals surface area contributed by atoms with Gasteiger partial charge in [0.1, 0.15) is 0 Å². The predicted octanol–water partition coefficient (Wildman–Crippen LogP) is 0.914. The lowest BCUT2D eigenvalue weighted by Crippen LogP contribution is -2.44. The van der Waals surface area contributed by atoms with E-state index in [9.17, 15) is 4.79 Å². The van der Waals surface area contributed by atoms with Crippen molar-refractivity contribution in [2.75, 3.05) is 33.7 Å². The summed E-state index contributed by atoms with van der Waals surface area (Å²) in [6.07, 6.45) is 2.75. The van der Waals surface area contributed by atoms with Gasteiger partial charge in [-0.2, -0.15) is 0 Å². The highest BCUT2D eigenvalue weighted by Gasteiger charge is 2.18. The van der Waals surface area contributed by atoms with Crippen LogP contribution < -0.4 is 5.73 Å². The molecule has 4 heteroatoms. The first-order chi connectivity index (χ1) is 7.52. The van der Waals surface area contributed by atoms with Crippen LogP contribution in [0.25, 0.3) is 0 Å². The largest absolute Gasteiger partial charge is 0.342 e. The first-order valence-electron chi connectivity index (χ1n) is 6.22. The molecule has 4 nitrogen and oxygen atoms in total.